The fourth-order valence-electron chi connectivity index (χ4n) is 1.83. The van der Waals surface area contributed by atoms with Crippen LogP contribution in [0.1, 0.15) is 26.3 Å². The molecule has 4 nitrogen and oxygen atoms in total. The molecule has 2 aromatic rings. The summed E-state index contributed by atoms with van der Waals surface area (Å²) >= 11 is 2.12. The van der Waals surface area contributed by atoms with Crippen LogP contribution < -0.4 is 5.32 Å². The van der Waals surface area contributed by atoms with E-state index < -0.39 is 5.97 Å². The second-order valence-electron chi connectivity index (χ2n) is 4.27. The number of amides is 1. The van der Waals surface area contributed by atoms with Gasteiger partial charge < -0.3 is 10.4 Å². The van der Waals surface area contributed by atoms with Crippen molar-refractivity contribution in [2.45, 2.75) is 6.92 Å². The maximum absolute atomic E-state index is 12.2. The predicted molar refractivity (Wildman–Crippen MR) is 85.3 cm³/mol. The summed E-state index contributed by atoms with van der Waals surface area (Å²) in [6.07, 6.45) is 0. The highest BCUT2D eigenvalue weighted by Crippen LogP contribution is 2.21. The van der Waals surface area contributed by atoms with E-state index in [0.29, 0.717) is 16.8 Å². The molecule has 0 aliphatic carbocycles. The molecule has 2 N–H and O–H groups in total. The molecule has 0 aliphatic heterocycles. The number of carboxylic acids is 1. The van der Waals surface area contributed by atoms with Crippen molar-refractivity contribution in [3.05, 3.63) is 62.7 Å². The van der Waals surface area contributed by atoms with E-state index in [4.69, 9.17) is 5.11 Å². The zero-order valence-electron chi connectivity index (χ0n) is 10.7. The van der Waals surface area contributed by atoms with E-state index in [9.17, 15) is 9.59 Å². The molecule has 0 unspecified atom stereocenters. The van der Waals surface area contributed by atoms with Crippen molar-refractivity contribution in [1.29, 1.82) is 0 Å². The molecular formula is C15H12INO3. The molecule has 0 atom stereocenters. The van der Waals surface area contributed by atoms with Crippen LogP contribution in [0.5, 0.6) is 0 Å². The van der Waals surface area contributed by atoms with Crippen LogP contribution in [0.2, 0.25) is 0 Å². The molecule has 0 radical (unpaired) electrons. The molecule has 0 heterocycles. The lowest BCUT2D eigenvalue weighted by Crippen LogP contribution is -2.16. The lowest BCUT2D eigenvalue weighted by molar-refractivity contribution is 0.0698. The van der Waals surface area contributed by atoms with E-state index in [2.05, 4.69) is 27.9 Å². The summed E-state index contributed by atoms with van der Waals surface area (Å²) in [5, 5.41) is 11.8. The van der Waals surface area contributed by atoms with E-state index in [0.717, 1.165) is 3.57 Å². The van der Waals surface area contributed by atoms with Crippen molar-refractivity contribution in [2.24, 2.45) is 0 Å². The Morgan fingerprint density at radius 3 is 2.50 bits per heavy atom. The molecule has 0 fully saturated rings. The van der Waals surface area contributed by atoms with E-state index in [1.807, 2.05) is 6.07 Å². The van der Waals surface area contributed by atoms with Gasteiger partial charge in [-0.25, -0.2) is 4.79 Å². The van der Waals surface area contributed by atoms with Gasteiger partial charge in [0, 0.05) is 9.13 Å². The van der Waals surface area contributed by atoms with Crippen LogP contribution in [0, 0.1) is 10.5 Å². The summed E-state index contributed by atoms with van der Waals surface area (Å²) in [5.41, 5.74) is 1.63. The number of halogens is 1. The first kappa shape index (κ1) is 14.5. The van der Waals surface area contributed by atoms with Crippen LogP contribution in [-0.2, 0) is 0 Å². The van der Waals surface area contributed by atoms with Crippen LogP contribution in [0.25, 0.3) is 0 Å². The van der Waals surface area contributed by atoms with Gasteiger partial charge in [0.2, 0.25) is 0 Å². The Morgan fingerprint density at radius 1 is 1.15 bits per heavy atom. The summed E-state index contributed by atoms with van der Waals surface area (Å²) in [6.45, 7) is 1.76. The van der Waals surface area contributed by atoms with Crippen LogP contribution in [0.4, 0.5) is 5.69 Å². The number of anilines is 1. The van der Waals surface area contributed by atoms with Crippen LogP contribution in [-0.4, -0.2) is 17.0 Å². The highest BCUT2D eigenvalue weighted by Gasteiger charge is 2.15. The Labute approximate surface area is 130 Å². The topological polar surface area (TPSA) is 66.4 Å². The number of aromatic carboxylic acids is 1. The Morgan fingerprint density at radius 2 is 1.85 bits per heavy atom. The monoisotopic (exact) mass is 381 g/mol. The molecule has 0 saturated heterocycles. The number of rotatable bonds is 3. The van der Waals surface area contributed by atoms with Gasteiger partial charge in [-0.15, -0.1) is 0 Å². The summed E-state index contributed by atoms with van der Waals surface area (Å²) in [7, 11) is 0. The Kier molecular flexibility index (Phi) is 4.39. The second kappa shape index (κ2) is 6.04. The van der Waals surface area contributed by atoms with Crippen LogP contribution in [0.15, 0.2) is 42.5 Å². The third-order valence-electron chi connectivity index (χ3n) is 2.83. The van der Waals surface area contributed by atoms with Crippen molar-refractivity contribution in [1.82, 2.24) is 0 Å². The van der Waals surface area contributed by atoms with Gasteiger partial charge in [-0.3, -0.25) is 4.79 Å². The number of para-hydroxylation sites is 1. The number of hydrogen-bond acceptors (Lipinski definition) is 2. The van der Waals surface area contributed by atoms with Crippen molar-refractivity contribution in [3.63, 3.8) is 0 Å². The molecule has 20 heavy (non-hydrogen) atoms. The summed E-state index contributed by atoms with van der Waals surface area (Å²) < 4.78 is 0.943. The normalized spacial score (nSPS) is 10.1. The lowest BCUT2D eigenvalue weighted by Gasteiger charge is -2.11. The fourth-order valence-corrected chi connectivity index (χ4v) is 2.37. The van der Waals surface area contributed by atoms with Gasteiger partial charge in [-0.2, -0.15) is 0 Å². The molecule has 2 rings (SSSR count). The molecule has 0 aromatic heterocycles. The molecule has 102 valence electrons. The molecular weight excluding hydrogens is 369 g/mol. The second-order valence-corrected chi connectivity index (χ2v) is 5.51. The highest BCUT2D eigenvalue weighted by molar-refractivity contribution is 14.1. The van der Waals surface area contributed by atoms with E-state index in [-0.39, 0.29) is 11.5 Å². The SMILES string of the molecule is Cc1cccc(C(=O)O)c1NC(=O)c1cccc(I)c1. The number of carbonyl (C=O) groups excluding carboxylic acids is 1. The molecule has 5 heteroatoms. The fraction of sp³-hybridized carbons (Fsp3) is 0.0667. The number of hydrogen-bond donors (Lipinski definition) is 2. The maximum atomic E-state index is 12.2. The van der Waals surface area contributed by atoms with Gasteiger partial charge in [0.25, 0.3) is 5.91 Å². The molecule has 0 aliphatic rings. The number of aryl methyl sites for hydroxylation is 1. The minimum Gasteiger partial charge on any atom is -0.478 e. The lowest BCUT2D eigenvalue weighted by atomic mass is 10.1. The highest BCUT2D eigenvalue weighted by atomic mass is 127. The van der Waals surface area contributed by atoms with E-state index >= 15 is 0 Å². The molecule has 2 aromatic carbocycles. The van der Waals surface area contributed by atoms with Gasteiger partial charge in [0.15, 0.2) is 0 Å². The van der Waals surface area contributed by atoms with Crippen molar-refractivity contribution < 1.29 is 14.7 Å². The van der Waals surface area contributed by atoms with Crippen LogP contribution >= 0.6 is 22.6 Å². The quantitative estimate of drug-likeness (QED) is 0.800. The van der Waals surface area contributed by atoms with Crippen LogP contribution in [0.3, 0.4) is 0 Å². The average molecular weight is 381 g/mol. The Bertz CT molecular complexity index is 683. The predicted octanol–water partition coefficient (Wildman–Crippen LogP) is 3.55. The summed E-state index contributed by atoms with van der Waals surface area (Å²) in [6, 6.07) is 12.0. The van der Waals surface area contributed by atoms with Crippen molar-refractivity contribution >= 4 is 40.2 Å². The number of carbonyl (C=O) groups is 2. The van der Waals surface area contributed by atoms with Crippen molar-refractivity contribution in [2.75, 3.05) is 5.32 Å². The minimum atomic E-state index is -1.06. The smallest absolute Gasteiger partial charge is 0.337 e. The Balaban J connectivity index is 2.35. The molecule has 0 spiro atoms. The van der Waals surface area contributed by atoms with E-state index in [1.165, 1.54) is 6.07 Å². The van der Waals surface area contributed by atoms with Gasteiger partial charge in [-0.05, 0) is 59.3 Å². The maximum Gasteiger partial charge on any atom is 0.337 e. The first-order valence-corrected chi connectivity index (χ1v) is 6.96. The molecule has 0 saturated carbocycles. The number of carboxylic acid groups (broad SMARTS) is 1. The first-order valence-electron chi connectivity index (χ1n) is 5.89. The average Bonchev–Trinajstić information content (AvgIpc) is 2.40. The van der Waals surface area contributed by atoms with Gasteiger partial charge in [0.1, 0.15) is 0 Å². The third-order valence-corrected chi connectivity index (χ3v) is 3.50. The van der Waals surface area contributed by atoms with Gasteiger partial charge >= 0.3 is 5.97 Å². The zero-order valence-corrected chi connectivity index (χ0v) is 12.8. The first-order chi connectivity index (χ1) is 9.49. The summed E-state index contributed by atoms with van der Waals surface area (Å²) in [5.74, 6) is -1.38. The molecule has 1 amide bonds. The number of nitrogens with one attached hydrogen (secondary N) is 1. The van der Waals surface area contributed by atoms with Gasteiger partial charge in [0.05, 0.1) is 11.3 Å². The standard InChI is InChI=1S/C15H12INO3/c1-9-4-2-7-12(15(19)20)13(9)17-14(18)10-5-3-6-11(16)8-10/h2-8H,1H3,(H,17,18)(H,19,20). The minimum absolute atomic E-state index is 0.0870. The summed E-state index contributed by atoms with van der Waals surface area (Å²) in [4.78, 5) is 23.4. The molecule has 0 bridgehead atoms. The largest absolute Gasteiger partial charge is 0.478 e. The van der Waals surface area contributed by atoms with Crippen molar-refractivity contribution in [3.8, 4) is 0 Å². The third kappa shape index (κ3) is 3.16. The van der Waals surface area contributed by atoms with E-state index in [1.54, 1.807) is 37.3 Å². The number of benzene rings is 2. The Hall–Kier alpha value is -1.89. The zero-order chi connectivity index (χ0) is 14.7. The van der Waals surface area contributed by atoms with Gasteiger partial charge in [-0.1, -0.05) is 18.2 Å².